The molecular weight excluding hydrogens is 402 g/mol. The monoisotopic (exact) mass is 420 g/mol. The highest BCUT2D eigenvalue weighted by Crippen LogP contribution is 2.35. The summed E-state index contributed by atoms with van der Waals surface area (Å²) in [6.07, 6.45) is -4.70. The van der Waals surface area contributed by atoms with Crippen molar-refractivity contribution in [2.24, 2.45) is 0 Å². The molecule has 3 rings (SSSR count). The standard InChI is InChI=1S/C18H18F6N4O/c19-17(20,21)14-9-13(10-15(27-14)18(22,23)24)25-11-3-5-12(6-4-11)26-16(29)28-7-1-2-8-28/h1-2,7-12H,3-6H2,(H,25,27)(H,26,29)/t11-,12+. The predicted molar refractivity (Wildman–Crippen MR) is 92.3 cm³/mol. The van der Waals surface area contributed by atoms with Crippen molar-refractivity contribution in [3.8, 4) is 0 Å². The number of anilines is 1. The van der Waals surface area contributed by atoms with E-state index in [1.807, 2.05) is 0 Å². The molecule has 158 valence electrons. The molecule has 2 aromatic rings. The topological polar surface area (TPSA) is 59.0 Å². The first-order valence-corrected chi connectivity index (χ1v) is 8.89. The van der Waals surface area contributed by atoms with E-state index < -0.39 is 23.7 Å². The zero-order chi connectivity index (χ0) is 21.2. The number of rotatable bonds is 3. The fourth-order valence-electron chi connectivity index (χ4n) is 3.24. The third-order valence-electron chi connectivity index (χ3n) is 4.67. The molecule has 0 aliphatic heterocycles. The van der Waals surface area contributed by atoms with E-state index in [1.54, 1.807) is 24.5 Å². The van der Waals surface area contributed by atoms with Gasteiger partial charge in [-0.05, 0) is 49.9 Å². The fraction of sp³-hybridized carbons (Fsp3) is 0.444. The second kappa shape index (κ2) is 7.96. The van der Waals surface area contributed by atoms with E-state index in [0.717, 1.165) is 0 Å². The summed E-state index contributed by atoms with van der Waals surface area (Å²) in [4.78, 5) is 14.7. The third kappa shape index (κ3) is 5.42. The number of hydrogen-bond donors (Lipinski definition) is 2. The van der Waals surface area contributed by atoms with Crippen molar-refractivity contribution in [3.63, 3.8) is 0 Å². The number of halogens is 6. The summed E-state index contributed by atoms with van der Waals surface area (Å²) < 4.78 is 78.8. The molecule has 0 atom stereocenters. The van der Waals surface area contributed by atoms with Crippen molar-refractivity contribution in [2.75, 3.05) is 5.32 Å². The smallest absolute Gasteiger partial charge is 0.382 e. The maximum absolute atomic E-state index is 12.9. The van der Waals surface area contributed by atoms with Gasteiger partial charge < -0.3 is 10.6 Å². The zero-order valence-electron chi connectivity index (χ0n) is 15.0. The first-order chi connectivity index (χ1) is 13.5. The van der Waals surface area contributed by atoms with Gasteiger partial charge in [-0.25, -0.2) is 9.78 Å². The van der Waals surface area contributed by atoms with Crippen LogP contribution in [0.2, 0.25) is 0 Å². The van der Waals surface area contributed by atoms with Crippen LogP contribution in [-0.4, -0.2) is 27.7 Å². The molecule has 0 bridgehead atoms. The van der Waals surface area contributed by atoms with Crippen LogP contribution in [0.3, 0.4) is 0 Å². The molecule has 1 aliphatic rings. The summed E-state index contributed by atoms with van der Waals surface area (Å²) in [6.45, 7) is 0. The SMILES string of the molecule is O=C(N[C@H]1CC[C@@H](Nc2cc(C(F)(F)F)nc(C(F)(F)F)c2)CC1)n1cccc1. The van der Waals surface area contributed by atoms with Crippen molar-refractivity contribution in [3.05, 3.63) is 48.0 Å². The number of carbonyl (C=O) groups is 1. The van der Waals surface area contributed by atoms with Gasteiger partial charge in [0, 0.05) is 30.2 Å². The first kappa shape index (κ1) is 21.0. The Kier molecular flexibility index (Phi) is 5.76. The lowest BCUT2D eigenvalue weighted by molar-refractivity contribution is -0.150. The Morgan fingerprint density at radius 1 is 0.897 bits per heavy atom. The molecule has 0 spiro atoms. The lowest BCUT2D eigenvalue weighted by Crippen LogP contribution is -2.41. The number of nitrogens with zero attached hydrogens (tertiary/aromatic N) is 2. The van der Waals surface area contributed by atoms with E-state index in [0.29, 0.717) is 37.8 Å². The Balaban J connectivity index is 1.63. The van der Waals surface area contributed by atoms with Gasteiger partial charge in [0.15, 0.2) is 0 Å². The van der Waals surface area contributed by atoms with Crippen molar-refractivity contribution >= 4 is 11.7 Å². The predicted octanol–water partition coefficient (Wildman–Crippen LogP) is 4.90. The molecule has 0 aromatic carbocycles. The van der Waals surface area contributed by atoms with Gasteiger partial charge in [-0.2, -0.15) is 26.3 Å². The van der Waals surface area contributed by atoms with E-state index in [9.17, 15) is 31.1 Å². The minimum absolute atomic E-state index is 0.114. The van der Waals surface area contributed by atoms with E-state index in [1.165, 1.54) is 4.57 Å². The quantitative estimate of drug-likeness (QED) is 0.695. The van der Waals surface area contributed by atoms with Crippen LogP contribution in [0.15, 0.2) is 36.7 Å². The van der Waals surface area contributed by atoms with Crippen molar-refractivity contribution in [2.45, 2.75) is 50.1 Å². The molecule has 1 fully saturated rings. The lowest BCUT2D eigenvalue weighted by Gasteiger charge is -2.30. The van der Waals surface area contributed by atoms with E-state index in [-0.39, 0.29) is 23.8 Å². The molecule has 5 nitrogen and oxygen atoms in total. The number of nitrogens with one attached hydrogen (secondary N) is 2. The van der Waals surface area contributed by atoms with Crippen molar-refractivity contribution < 1.29 is 31.1 Å². The summed E-state index contributed by atoms with van der Waals surface area (Å²) in [5, 5.41) is 5.60. The van der Waals surface area contributed by atoms with Gasteiger partial charge in [0.1, 0.15) is 11.4 Å². The average molecular weight is 420 g/mol. The minimum atomic E-state index is -4.99. The van der Waals surface area contributed by atoms with Crippen LogP contribution in [0.1, 0.15) is 37.1 Å². The van der Waals surface area contributed by atoms with Crippen LogP contribution in [0.5, 0.6) is 0 Å². The number of aromatic nitrogens is 2. The van der Waals surface area contributed by atoms with Crippen LogP contribution < -0.4 is 10.6 Å². The normalized spacial score (nSPS) is 20.3. The average Bonchev–Trinajstić information content (AvgIpc) is 3.16. The zero-order valence-corrected chi connectivity index (χ0v) is 15.0. The number of alkyl halides is 6. The Morgan fingerprint density at radius 3 is 1.86 bits per heavy atom. The first-order valence-electron chi connectivity index (χ1n) is 8.89. The molecule has 1 amide bonds. The van der Waals surface area contributed by atoms with E-state index >= 15 is 0 Å². The second-order valence-electron chi connectivity index (χ2n) is 6.85. The Hall–Kier alpha value is -2.72. The van der Waals surface area contributed by atoms with Gasteiger partial charge in [-0.1, -0.05) is 0 Å². The molecule has 1 saturated carbocycles. The summed E-state index contributed by atoms with van der Waals surface area (Å²) in [7, 11) is 0. The van der Waals surface area contributed by atoms with Crippen LogP contribution >= 0.6 is 0 Å². The van der Waals surface area contributed by atoms with Gasteiger partial charge in [-0.3, -0.25) is 4.57 Å². The van der Waals surface area contributed by atoms with Gasteiger partial charge >= 0.3 is 18.4 Å². The third-order valence-corrected chi connectivity index (χ3v) is 4.67. The van der Waals surface area contributed by atoms with Gasteiger partial charge in [0.05, 0.1) is 0 Å². The minimum Gasteiger partial charge on any atom is -0.382 e. The highest BCUT2D eigenvalue weighted by atomic mass is 19.4. The summed E-state index contributed by atoms with van der Waals surface area (Å²) in [5.74, 6) is 0. The Bertz CT molecular complexity index is 807. The maximum Gasteiger partial charge on any atom is 0.433 e. The Labute approximate surface area is 162 Å². The van der Waals surface area contributed by atoms with E-state index in [2.05, 4.69) is 15.6 Å². The summed E-state index contributed by atoms with van der Waals surface area (Å²) in [6, 6.07) is 3.87. The summed E-state index contributed by atoms with van der Waals surface area (Å²) >= 11 is 0. The van der Waals surface area contributed by atoms with Crippen molar-refractivity contribution in [1.82, 2.24) is 14.9 Å². The molecule has 2 aromatic heterocycles. The lowest BCUT2D eigenvalue weighted by atomic mass is 9.91. The molecule has 0 unspecified atom stereocenters. The van der Waals surface area contributed by atoms with Gasteiger partial charge in [0.2, 0.25) is 0 Å². The molecule has 29 heavy (non-hydrogen) atoms. The van der Waals surface area contributed by atoms with Gasteiger partial charge in [-0.15, -0.1) is 0 Å². The molecule has 1 aliphatic carbocycles. The molecule has 2 heterocycles. The highest BCUT2D eigenvalue weighted by Gasteiger charge is 2.39. The van der Waals surface area contributed by atoms with Crippen molar-refractivity contribution in [1.29, 1.82) is 0 Å². The van der Waals surface area contributed by atoms with Crippen LogP contribution in [0.25, 0.3) is 0 Å². The number of pyridine rings is 1. The highest BCUT2D eigenvalue weighted by molar-refractivity contribution is 5.76. The largest absolute Gasteiger partial charge is 0.433 e. The van der Waals surface area contributed by atoms with Gasteiger partial charge in [0.25, 0.3) is 0 Å². The summed E-state index contributed by atoms with van der Waals surface area (Å²) in [5.41, 5.74) is -3.47. The number of hydrogen-bond acceptors (Lipinski definition) is 3. The molecule has 11 heteroatoms. The fourth-order valence-corrected chi connectivity index (χ4v) is 3.24. The molecule has 0 radical (unpaired) electrons. The number of amides is 1. The second-order valence-corrected chi connectivity index (χ2v) is 6.85. The molecule has 2 N–H and O–H groups in total. The van der Waals surface area contributed by atoms with Crippen LogP contribution in [-0.2, 0) is 12.4 Å². The Morgan fingerprint density at radius 2 is 1.38 bits per heavy atom. The van der Waals surface area contributed by atoms with E-state index in [4.69, 9.17) is 0 Å². The van der Waals surface area contributed by atoms with Crippen LogP contribution in [0, 0.1) is 0 Å². The number of carbonyl (C=O) groups excluding carboxylic acids is 1. The maximum atomic E-state index is 12.9. The molecule has 0 saturated heterocycles. The molecular formula is C18H18F6N4O. The van der Waals surface area contributed by atoms with Crippen LogP contribution in [0.4, 0.5) is 36.8 Å².